The summed E-state index contributed by atoms with van der Waals surface area (Å²) in [6.07, 6.45) is 0. The van der Waals surface area contributed by atoms with Crippen molar-refractivity contribution in [3.8, 4) is 5.69 Å². The molecule has 4 aromatic rings. The number of hydrogen-bond donors (Lipinski definition) is 0. The van der Waals surface area contributed by atoms with Crippen molar-refractivity contribution in [1.82, 2.24) is 14.3 Å². The predicted molar refractivity (Wildman–Crippen MR) is 132 cm³/mol. The van der Waals surface area contributed by atoms with Gasteiger partial charge in [-0.3, -0.25) is 9.59 Å². The minimum atomic E-state index is -0.777. The largest absolute Gasteiger partial charge is 0.452 e. The Labute approximate surface area is 202 Å². The fourth-order valence-corrected chi connectivity index (χ4v) is 4.42. The smallest absolute Gasteiger partial charge is 0.359 e. The monoisotopic (exact) mass is 473 g/mol. The minimum absolute atomic E-state index is 0.0314. The van der Waals surface area contributed by atoms with Crippen molar-refractivity contribution in [2.45, 2.75) is 26.8 Å². The molecule has 0 aliphatic rings. The number of nitrogens with zero attached hydrogens (tertiary/aromatic N) is 3. The maximum atomic E-state index is 13.1. The van der Waals surface area contributed by atoms with Gasteiger partial charge in [0.15, 0.2) is 12.3 Å². The van der Waals surface area contributed by atoms with Crippen LogP contribution in [0.4, 0.5) is 0 Å². The second-order valence-corrected chi connectivity index (χ2v) is 8.41. The Balaban J connectivity index is 1.63. The lowest BCUT2D eigenvalue weighted by molar-refractivity contribution is 0.0469. The van der Waals surface area contributed by atoms with E-state index < -0.39 is 12.6 Å². The molecule has 8 nitrogen and oxygen atoms in total. The molecule has 0 fully saturated rings. The summed E-state index contributed by atoms with van der Waals surface area (Å²) in [7, 11) is 1.63. The van der Waals surface area contributed by atoms with Crippen LogP contribution in [-0.2, 0) is 9.47 Å². The molecule has 0 spiro atoms. The zero-order valence-electron chi connectivity index (χ0n) is 20.1. The molecule has 0 N–H and O–H groups in total. The van der Waals surface area contributed by atoms with Crippen LogP contribution in [0.1, 0.15) is 45.2 Å². The molecule has 180 valence electrons. The Morgan fingerprint density at radius 2 is 1.66 bits per heavy atom. The van der Waals surface area contributed by atoms with Crippen molar-refractivity contribution in [3.05, 3.63) is 93.7 Å². The number of Topliss-reactive ketones (excluding diaryl/α,β-unsaturated/α-hetero) is 1. The van der Waals surface area contributed by atoms with Gasteiger partial charge in [0, 0.05) is 29.4 Å². The van der Waals surface area contributed by atoms with Crippen LogP contribution in [0, 0.1) is 13.8 Å². The fourth-order valence-electron chi connectivity index (χ4n) is 4.42. The molecule has 8 heteroatoms. The summed E-state index contributed by atoms with van der Waals surface area (Å²) in [5.41, 5.74) is 2.34. The molecule has 2 aromatic heterocycles. The minimum Gasteiger partial charge on any atom is -0.452 e. The molecule has 1 unspecified atom stereocenters. The van der Waals surface area contributed by atoms with Crippen LogP contribution >= 0.6 is 0 Å². The second kappa shape index (κ2) is 10.1. The lowest BCUT2D eigenvalue weighted by Gasteiger charge is -2.17. The van der Waals surface area contributed by atoms with Gasteiger partial charge in [0.05, 0.1) is 23.7 Å². The van der Waals surface area contributed by atoms with Gasteiger partial charge in [0.1, 0.15) is 0 Å². The van der Waals surface area contributed by atoms with Crippen LogP contribution in [0.3, 0.4) is 0 Å². The molecular weight excluding hydrogens is 446 g/mol. The Bertz CT molecular complexity index is 1450. The molecule has 0 aliphatic carbocycles. The number of aromatic nitrogens is 3. The number of ether oxygens (including phenoxy) is 2. The number of fused-ring (bicyclic) bond motifs is 1. The zero-order valence-corrected chi connectivity index (χ0v) is 20.1. The third-order valence-electron chi connectivity index (χ3n) is 5.97. The Morgan fingerprint density at radius 3 is 2.34 bits per heavy atom. The molecule has 0 bridgehead atoms. The second-order valence-electron chi connectivity index (χ2n) is 8.41. The summed E-state index contributed by atoms with van der Waals surface area (Å²) >= 11 is 0. The van der Waals surface area contributed by atoms with Crippen LogP contribution in [0.25, 0.3) is 16.5 Å². The summed E-state index contributed by atoms with van der Waals surface area (Å²) < 4.78 is 13.8. The van der Waals surface area contributed by atoms with Crippen LogP contribution in [0.5, 0.6) is 0 Å². The number of para-hydroxylation sites is 1. The van der Waals surface area contributed by atoms with Crippen LogP contribution in [-0.4, -0.2) is 46.4 Å². The molecule has 0 amide bonds. The summed E-state index contributed by atoms with van der Waals surface area (Å²) in [4.78, 5) is 39.0. The van der Waals surface area contributed by atoms with Gasteiger partial charge in [0.2, 0.25) is 5.78 Å². The molecule has 0 aliphatic heterocycles. The van der Waals surface area contributed by atoms with E-state index in [0.717, 1.165) is 11.4 Å². The maximum Gasteiger partial charge on any atom is 0.359 e. The highest BCUT2D eigenvalue weighted by Crippen LogP contribution is 2.22. The number of ketones is 1. The van der Waals surface area contributed by atoms with Crippen LogP contribution < -0.4 is 5.56 Å². The number of benzene rings is 2. The molecule has 2 aromatic carbocycles. The molecule has 2 heterocycles. The van der Waals surface area contributed by atoms with E-state index in [0.29, 0.717) is 28.6 Å². The Kier molecular flexibility index (Phi) is 6.93. The normalized spacial score (nSPS) is 12.0. The molecule has 1 atom stereocenters. The van der Waals surface area contributed by atoms with Gasteiger partial charge < -0.3 is 14.0 Å². The Hall–Kier alpha value is -4.04. The van der Waals surface area contributed by atoms with Crippen molar-refractivity contribution in [3.63, 3.8) is 0 Å². The number of hydrogen-bond acceptors (Lipinski definition) is 6. The number of rotatable bonds is 8. The highest BCUT2D eigenvalue weighted by molar-refractivity contribution is 6.04. The van der Waals surface area contributed by atoms with Crippen molar-refractivity contribution in [1.29, 1.82) is 0 Å². The van der Waals surface area contributed by atoms with E-state index in [9.17, 15) is 14.4 Å². The highest BCUT2D eigenvalue weighted by atomic mass is 16.5. The maximum absolute atomic E-state index is 13.1. The SMILES string of the molecule is COCC(C)n1c(C)cc(C(=O)COC(=O)c2nn(-c3ccccc3)c(=O)c3ccccc23)c1C. The summed E-state index contributed by atoms with van der Waals surface area (Å²) in [6, 6.07) is 17.4. The van der Waals surface area contributed by atoms with E-state index >= 15 is 0 Å². The lowest BCUT2D eigenvalue weighted by Crippen LogP contribution is -2.26. The first kappa shape index (κ1) is 24.1. The first-order chi connectivity index (χ1) is 16.8. The van der Waals surface area contributed by atoms with E-state index in [1.54, 1.807) is 61.7 Å². The van der Waals surface area contributed by atoms with Gasteiger partial charge >= 0.3 is 5.97 Å². The van der Waals surface area contributed by atoms with Crippen molar-refractivity contribution in [2.24, 2.45) is 0 Å². The van der Waals surface area contributed by atoms with Gasteiger partial charge in [0.25, 0.3) is 5.56 Å². The van der Waals surface area contributed by atoms with Crippen molar-refractivity contribution >= 4 is 22.5 Å². The topological polar surface area (TPSA) is 92.4 Å². The summed E-state index contributed by atoms with van der Waals surface area (Å²) in [5.74, 6) is -1.09. The highest BCUT2D eigenvalue weighted by Gasteiger charge is 2.23. The quantitative estimate of drug-likeness (QED) is 0.283. The zero-order chi connectivity index (χ0) is 25.1. The van der Waals surface area contributed by atoms with Crippen molar-refractivity contribution < 1.29 is 19.1 Å². The standard InChI is InChI=1S/C27H27N3O5/c1-17-14-23(19(3)29(17)18(2)15-34-4)24(31)16-35-27(33)25-21-12-8-9-13-22(21)26(32)30(28-25)20-10-6-5-7-11-20/h5-14,18H,15-16H2,1-4H3. The van der Waals surface area contributed by atoms with E-state index in [1.165, 1.54) is 4.68 Å². The number of esters is 1. The number of methoxy groups -OCH3 is 1. The Morgan fingerprint density at radius 1 is 1.00 bits per heavy atom. The third-order valence-corrected chi connectivity index (χ3v) is 5.97. The van der Waals surface area contributed by atoms with Gasteiger partial charge in [-0.1, -0.05) is 36.4 Å². The average Bonchev–Trinajstić information content (AvgIpc) is 3.17. The van der Waals surface area contributed by atoms with Crippen molar-refractivity contribution in [2.75, 3.05) is 20.3 Å². The van der Waals surface area contributed by atoms with E-state index in [-0.39, 0.29) is 23.1 Å². The summed E-state index contributed by atoms with van der Waals surface area (Å²) in [6.45, 7) is 5.86. The first-order valence-corrected chi connectivity index (χ1v) is 11.3. The number of carbonyl (C=O) groups is 2. The summed E-state index contributed by atoms with van der Waals surface area (Å²) in [5, 5.41) is 5.00. The van der Waals surface area contributed by atoms with Crippen LogP contribution in [0.15, 0.2) is 65.5 Å². The molecule has 0 saturated carbocycles. The molecular formula is C27H27N3O5. The number of aryl methyl sites for hydroxylation is 1. The molecule has 4 rings (SSSR count). The van der Waals surface area contributed by atoms with Gasteiger partial charge in [-0.25, -0.2) is 4.79 Å². The first-order valence-electron chi connectivity index (χ1n) is 11.3. The van der Waals surface area contributed by atoms with Crippen LogP contribution in [0.2, 0.25) is 0 Å². The van der Waals surface area contributed by atoms with E-state index in [4.69, 9.17) is 9.47 Å². The van der Waals surface area contributed by atoms with Gasteiger partial charge in [-0.05, 0) is 45.0 Å². The van der Waals surface area contributed by atoms with Gasteiger partial charge in [-0.2, -0.15) is 9.78 Å². The number of carbonyl (C=O) groups excluding carboxylic acids is 2. The lowest BCUT2D eigenvalue weighted by atomic mass is 10.1. The predicted octanol–water partition coefficient (Wildman–Crippen LogP) is 4.05. The van der Waals surface area contributed by atoms with E-state index in [1.807, 2.05) is 31.4 Å². The molecule has 0 radical (unpaired) electrons. The van der Waals surface area contributed by atoms with E-state index in [2.05, 4.69) is 5.10 Å². The molecule has 0 saturated heterocycles. The molecule has 35 heavy (non-hydrogen) atoms. The van der Waals surface area contributed by atoms with Gasteiger partial charge in [-0.15, -0.1) is 0 Å². The third kappa shape index (κ3) is 4.65. The average molecular weight is 474 g/mol. The fraction of sp³-hybridized carbons (Fsp3) is 0.259.